The van der Waals surface area contributed by atoms with E-state index >= 15 is 0 Å². The number of hydrogen-bond donors (Lipinski definition) is 0. The Bertz CT molecular complexity index is 834. The summed E-state index contributed by atoms with van der Waals surface area (Å²) in [7, 11) is 0. The van der Waals surface area contributed by atoms with E-state index in [4.69, 9.17) is 4.74 Å². The zero-order valence-corrected chi connectivity index (χ0v) is 19.1. The molecule has 4 aliphatic carbocycles. The van der Waals surface area contributed by atoms with Crippen LogP contribution < -0.4 is 0 Å². The second kappa shape index (κ2) is 8.16. The first-order chi connectivity index (χ1) is 15.6. The van der Waals surface area contributed by atoms with Crippen molar-refractivity contribution in [3.05, 3.63) is 35.9 Å². The molecule has 5 heteroatoms. The number of benzene rings is 1. The van der Waals surface area contributed by atoms with Gasteiger partial charge in [0.05, 0.1) is 5.41 Å². The first kappa shape index (κ1) is 20.7. The minimum Gasteiger partial charge on any atom is -0.459 e. The zero-order chi connectivity index (χ0) is 21.7. The number of carbonyl (C=O) groups excluding carboxylic acids is 2. The molecule has 0 aromatic heterocycles. The van der Waals surface area contributed by atoms with Crippen LogP contribution in [0, 0.1) is 23.2 Å². The monoisotopic (exact) mass is 436 g/mol. The summed E-state index contributed by atoms with van der Waals surface area (Å²) in [4.78, 5) is 31.3. The second-order valence-corrected chi connectivity index (χ2v) is 11.4. The van der Waals surface area contributed by atoms with Gasteiger partial charge in [-0.2, -0.15) is 0 Å². The number of esters is 1. The number of amides is 1. The van der Waals surface area contributed by atoms with Crippen molar-refractivity contribution in [2.45, 2.75) is 76.5 Å². The van der Waals surface area contributed by atoms with Crippen LogP contribution in [-0.4, -0.2) is 53.5 Å². The van der Waals surface area contributed by atoms with E-state index in [1.54, 1.807) is 0 Å². The molecule has 2 unspecified atom stereocenters. The van der Waals surface area contributed by atoms with E-state index in [1.165, 1.54) is 24.8 Å². The molecule has 4 bridgehead atoms. The van der Waals surface area contributed by atoms with E-state index in [0.29, 0.717) is 0 Å². The smallest absolute Gasteiger partial charge is 0.329 e. The van der Waals surface area contributed by atoms with E-state index in [-0.39, 0.29) is 29.4 Å². The maximum atomic E-state index is 13.8. The number of likely N-dealkylation sites (tertiary alicyclic amines) is 2. The standard InChI is InChI=1S/C27H36N2O3/c30-25(32-23-8-10-28(18-23)17-19-5-2-1-3-6-19)24-7-4-9-29(24)26(31)27-14-20-11-21(15-27)13-22(12-20)16-27/h1-3,5-6,20-24H,4,7-18H2. The van der Waals surface area contributed by atoms with Gasteiger partial charge in [0.25, 0.3) is 0 Å². The molecule has 7 rings (SSSR count). The van der Waals surface area contributed by atoms with Gasteiger partial charge < -0.3 is 9.64 Å². The van der Waals surface area contributed by atoms with Crippen molar-refractivity contribution in [1.29, 1.82) is 0 Å². The number of nitrogens with zero attached hydrogens (tertiary/aromatic N) is 2. The van der Waals surface area contributed by atoms with Gasteiger partial charge in [-0.25, -0.2) is 4.79 Å². The highest BCUT2D eigenvalue weighted by molar-refractivity contribution is 5.89. The number of carbonyl (C=O) groups is 2. The van der Waals surface area contributed by atoms with Crippen LogP contribution in [0.4, 0.5) is 0 Å². The Hall–Kier alpha value is -1.88. The van der Waals surface area contributed by atoms with Crippen molar-refractivity contribution < 1.29 is 14.3 Å². The van der Waals surface area contributed by atoms with Crippen LogP contribution >= 0.6 is 0 Å². The normalized spacial score (nSPS) is 38.4. The lowest BCUT2D eigenvalue weighted by molar-refractivity contribution is -0.167. The summed E-state index contributed by atoms with van der Waals surface area (Å²) in [5, 5.41) is 0. The fourth-order valence-corrected chi connectivity index (χ4v) is 8.05. The molecule has 1 aromatic carbocycles. The summed E-state index contributed by atoms with van der Waals surface area (Å²) in [6.07, 6.45) is 9.70. The Kier molecular flexibility index (Phi) is 5.28. The van der Waals surface area contributed by atoms with E-state index in [2.05, 4.69) is 29.2 Å². The summed E-state index contributed by atoms with van der Waals surface area (Å²) >= 11 is 0. The first-order valence-electron chi connectivity index (χ1n) is 12.9. The summed E-state index contributed by atoms with van der Waals surface area (Å²) in [5.74, 6) is 2.35. The van der Waals surface area contributed by atoms with Crippen LogP contribution in [0.15, 0.2) is 30.3 Å². The molecule has 32 heavy (non-hydrogen) atoms. The second-order valence-electron chi connectivity index (χ2n) is 11.4. The SMILES string of the molecule is O=C(OC1CCN(Cc2ccccc2)C1)C1CCCN1C(=O)C12CC3CC(CC(C3)C1)C2. The van der Waals surface area contributed by atoms with Crippen LogP contribution in [0.3, 0.4) is 0 Å². The molecule has 0 N–H and O–H groups in total. The van der Waals surface area contributed by atoms with Gasteiger partial charge in [-0.3, -0.25) is 9.69 Å². The van der Waals surface area contributed by atoms with Crippen LogP contribution in [0.25, 0.3) is 0 Å². The predicted octanol–water partition coefficient (Wildman–Crippen LogP) is 4.01. The maximum Gasteiger partial charge on any atom is 0.329 e. The van der Waals surface area contributed by atoms with Crippen LogP contribution in [-0.2, 0) is 20.9 Å². The Balaban J connectivity index is 1.08. The summed E-state index contributed by atoms with van der Waals surface area (Å²) < 4.78 is 5.99. The maximum absolute atomic E-state index is 13.8. The summed E-state index contributed by atoms with van der Waals surface area (Å²) in [5.41, 5.74) is 1.12. The Labute approximate surface area is 191 Å². The molecule has 2 atom stereocenters. The van der Waals surface area contributed by atoms with Gasteiger partial charge in [-0.15, -0.1) is 0 Å². The highest BCUT2D eigenvalue weighted by Crippen LogP contribution is 2.60. The predicted molar refractivity (Wildman–Crippen MR) is 122 cm³/mol. The molecule has 172 valence electrons. The Morgan fingerprint density at radius 2 is 1.62 bits per heavy atom. The largest absolute Gasteiger partial charge is 0.459 e. The molecular weight excluding hydrogens is 400 g/mol. The fraction of sp³-hybridized carbons (Fsp3) is 0.704. The van der Waals surface area contributed by atoms with Crippen molar-refractivity contribution in [2.24, 2.45) is 23.2 Å². The minimum atomic E-state index is -0.362. The molecule has 2 saturated heterocycles. The quantitative estimate of drug-likeness (QED) is 0.655. The van der Waals surface area contributed by atoms with E-state index < -0.39 is 0 Å². The third-order valence-electron chi connectivity index (χ3n) is 9.04. The highest BCUT2D eigenvalue weighted by atomic mass is 16.5. The van der Waals surface area contributed by atoms with E-state index in [0.717, 1.165) is 82.5 Å². The lowest BCUT2D eigenvalue weighted by atomic mass is 9.49. The van der Waals surface area contributed by atoms with Gasteiger partial charge in [-0.1, -0.05) is 30.3 Å². The molecule has 1 aromatic rings. The lowest BCUT2D eigenvalue weighted by Crippen LogP contribution is -2.56. The van der Waals surface area contributed by atoms with Crippen molar-refractivity contribution in [1.82, 2.24) is 9.80 Å². The van der Waals surface area contributed by atoms with Gasteiger partial charge in [-0.05, 0) is 81.1 Å². The number of rotatable bonds is 5. The van der Waals surface area contributed by atoms with Gasteiger partial charge in [0.15, 0.2) is 0 Å². The Morgan fingerprint density at radius 3 is 2.31 bits per heavy atom. The highest BCUT2D eigenvalue weighted by Gasteiger charge is 2.57. The molecule has 6 fully saturated rings. The van der Waals surface area contributed by atoms with Crippen LogP contribution in [0.1, 0.15) is 63.4 Å². The fourth-order valence-electron chi connectivity index (χ4n) is 8.05. The molecule has 2 heterocycles. The third kappa shape index (κ3) is 3.76. The van der Waals surface area contributed by atoms with Gasteiger partial charge in [0, 0.05) is 26.2 Å². The first-order valence-corrected chi connectivity index (χ1v) is 12.9. The van der Waals surface area contributed by atoms with Gasteiger partial charge >= 0.3 is 5.97 Å². The van der Waals surface area contributed by atoms with Crippen LogP contribution in [0.5, 0.6) is 0 Å². The zero-order valence-electron chi connectivity index (χ0n) is 19.1. The topological polar surface area (TPSA) is 49.9 Å². The van der Waals surface area contributed by atoms with Gasteiger partial charge in [0.2, 0.25) is 5.91 Å². The molecule has 4 saturated carbocycles. The minimum absolute atomic E-state index is 0.0525. The molecule has 1 amide bonds. The van der Waals surface area contributed by atoms with E-state index in [9.17, 15) is 9.59 Å². The number of ether oxygens (including phenoxy) is 1. The average Bonchev–Trinajstić information content (AvgIpc) is 3.43. The van der Waals surface area contributed by atoms with Crippen molar-refractivity contribution in [3.8, 4) is 0 Å². The van der Waals surface area contributed by atoms with Gasteiger partial charge in [0.1, 0.15) is 12.1 Å². The Morgan fingerprint density at radius 1 is 0.938 bits per heavy atom. The van der Waals surface area contributed by atoms with Crippen molar-refractivity contribution in [3.63, 3.8) is 0 Å². The van der Waals surface area contributed by atoms with Crippen molar-refractivity contribution >= 4 is 11.9 Å². The summed E-state index contributed by atoms with van der Waals surface area (Å²) in [6.45, 7) is 3.36. The van der Waals surface area contributed by atoms with E-state index in [1.807, 2.05) is 11.0 Å². The molecule has 0 radical (unpaired) electrons. The van der Waals surface area contributed by atoms with Crippen LogP contribution in [0.2, 0.25) is 0 Å². The molecule has 5 nitrogen and oxygen atoms in total. The molecule has 6 aliphatic rings. The molecule has 0 spiro atoms. The third-order valence-corrected chi connectivity index (χ3v) is 9.04. The van der Waals surface area contributed by atoms with Crippen molar-refractivity contribution in [2.75, 3.05) is 19.6 Å². The lowest BCUT2D eigenvalue weighted by Gasteiger charge is -2.56. The number of hydrogen-bond acceptors (Lipinski definition) is 4. The average molecular weight is 437 g/mol. The molecule has 2 aliphatic heterocycles. The molecular formula is C27H36N2O3. The summed E-state index contributed by atoms with van der Waals surface area (Å²) in [6, 6.07) is 10.1.